The first-order valence-corrected chi connectivity index (χ1v) is 13.5. The molecule has 0 radical (unpaired) electrons. The molecule has 0 amide bonds. The van der Waals surface area contributed by atoms with Gasteiger partial charge < -0.3 is 15.2 Å². The summed E-state index contributed by atoms with van der Waals surface area (Å²) in [4.78, 5) is 18.1. The fourth-order valence-electron chi connectivity index (χ4n) is 5.33. The lowest BCUT2D eigenvalue weighted by Crippen LogP contribution is -2.32. The summed E-state index contributed by atoms with van der Waals surface area (Å²) < 4.78 is 39.6. The van der Waals surface area contributed by atoms with E-state index in [9.17, 15) is 18.8 Å². The number of benzene rings is 2. The van der Waals surface area contributed by atoms with E-state index in [1.165, 1.54) is 0 Å². The van der Waals surface area contributed by atoms with E-state index in [0.717, 1.165) is 42.7 Å². The van der Waals surface area contributed by atoms with Crippen molar-refractivity contribution in [2.24, 2.45) is 16.8 Å². The molecule has 2 aliphatic rings. The molecule has 0 aromatic heterocycles. The summed E-state index contributed by atoms with van der Waals surface area (Å²) in [5, 5.41) is 10.1. The minimum absolute atomic E-state index is 0.0365. The van der Waals surface area contributed by atoms with Crippen LogP contribution in [0.25, 0.3) is 0 Å². The first kappa shape index (κ1) is 27.8. The van der Waals surface area contributed by atoms with Gasteiger partial charge in [-0.15, -0.1) is 0 Å². The van der Waals surface area contributed by atoms with E-state index in [2.05, 4.69) is 28.9 Å². The van der Waals surface area contributed by atoms with Gasteiger partial charge in [0.2, 0.25) is 0 Å². The third kappa shape index (κ3) is 5.46. The molecule has 0 fully saturated rings. The van der Waals surface area contributed by atoms with Crippen LogP contribution in [0.3, 0.4) is 0 Å². The molecule has 0 saturated carbocycles. The second-order valence-electron chi connectivity index (χ2n) is 9.70. The molecular formula is C29H30BrF2N3O3. The quantitative estimate of drug-likeness (QED) is 0.336. The van der Waals surface area contributed by atoms with Gasteiger partial charge in [-0.2, -0.15) is 5.26 Å². The van der Waals surface area contributed by atoms with Crippen LogP contribution in [0.15, 0.2) is 45.0 Å². The van der Waals surface area contributed by atoms with Crippen LogP contribution in [0.4, 0.5) is 14.5 Å². The number of Topliss-reactive ketones (excluding diaryl/α,β-unsaturated/α-hetero) is 1. The zero-order chi connectivity index (χ0) is 27.6. The number of nitrogens with zero attached hydrogens (tertiary/aromatic N) is 2. The van der Waals surface area contributed by atoms with Crippen molar-refractivity contribution < 1.29 is 23.0 Å². The van der Waals surface area contributed by atoms with E-state index >= 15 is 0 Å². The molecule has 1 aliphatic carbocycles. The van der Waals surface area contributed by atoms with Crippen molar-refractivity contribution in [3.63, 3.8) is 0 Å². The number of carbonyl (C=O) groups is 1. The molecule has 38 heavy (non-hydrogen) atoms. The Hall–Kier alpha value is -3.25. The SMILES string of the molecule is CCC[C@@H]1CC(=O)C2=C(C1)N=C(C)C(C#N)[C@H]2c1cc(Br)c(OCc2cc(F)c(F)cc2N)c(OCC)c1. The Morgan fingerprint density at radius 3 is 2.58 bits per heavy atom. The summed E-state index contributed by atoms with van der Waals surface area (Å²) >= 11 is 3.56. The van der Waals surface area contributed by atoms with Gasteiger partial charge in [-0.1, -0.05) is 13.3 Å². The summed E-state index contributed by atoms with van der Waals surface area (Å²) in [6.07, 6.45) is 3.12. The van der Waals surface area contributed by atoms with Gasteiger partial charge in [-0.3, -0.25) is 9.79 Å². The van der Waals surface area contributed by atoms with Gasteiger partial charge in [0, 0.05) is 46.6 Å². The number of hydrogen-bond donors (Lipinski definition) is 1. The predicted octanol–water partition coefficient (Wildman–Crippen LogP) is 7.02. The maximum atomic E-state index is 13.8. The highest BCUT2D eigenvalue weighted by atomic mass is 79.9. The number of nitrogens with two attached hydrogens (primary N) is 1. The Balaban J connectivity index is 1.74. The van der Waals surface area contributed by atoms with Gasteiger partial charge in [-0.25, -0.2) is 8.78 Å². The normalized spacial score (nSPS) is 21.0. The number of halogens is 3. The van der Waals surface area contributed by atoms with Crippen LogP contribution in [0.2, 0.25) is 0 Å². The molecule has 0 spiro atoms. The van der Waals surface area contributed by atoms with E-state index in [1.807, 2.05) is 19.9 Å². The fraction of sp³-hybridized carbons (Fsp3) is 0.414. The van der Waals surface area contributed by atoms with Crippen LogP contribution in [0.5, 0.6) is 11.5 Å². The number of hydrogen-bond acceptors (Lipinski definition) is 6. The van der Waals surface area contributed by atoms with Crippen molar-refractivity contribution in [2.45, 2.75) is 59.0 Å². The molecule has 2 N–H and O–H groups in total. The minimum atomic E-state index is -1.03. The number of ether oxygens (including phenoxy) is 2. The third-order valence-corrected chi connectivity index (χ3v) is 7.64. The fourth-order valence-corrected chi connectivity index (χ4v) is 5.90. The second-order valence-corrected chi connectivity index (χ2v) is 10.6. The number of ketones is 1. The maximum absolute atomic E-state index is 13.8. The second kappa shape index (κ2) is 11.6. The van der Waals surface area contributed by atoms with E-state index < -0.39 is 23.5 Å². The average molecular weight is 586 g/mol. The van der Waals surface area contributed by atoms with Crippen molar-refractivity contribution >= 4 is 33.1 Å². The zero-order valence-corrected chi connectivity index (χ0v) is 23.2. The molecular weight excluding hydrogens is 556 g/mol. The van der Waals surface area contributed by atoms with Gasteiger partial charge in [0.25, 0.3) is 0 Å². The van der Waals surface area contributed by atoms with Gasteiger partial charge in [0.1, 0.15) is 6.61 Å². The molecule has 4 rings (SSSR count). The molecule has 1 unspecified atom stereocenters. The predicted molar refractivity (Wildman–Crippen MR) is 145 cm³/mol. The first-order valence-electron chi connectivity index (χ1n) is 12.7. The van der Waals surface area contributed by atoms with Crippen molar-refractivity contribution in [2.75, 3.05) is 12.3 Å². The summed E-state index contributed by atoms with van der Waals surface area (Å²) in [6, 6.07) is 7.87. The number of rotatable bonds is 8. The van der Waals surface area contributed by atoms with Gasteiger partial charge in [0.05, 0.1) is 23.1 Å². The van der Waals surface area contributed by atoms with Crippen LogP contribution in [0.1, 0.15) is 63.5 Å². The van der Waals surface area contributed by atoms with Crippen molar-refractivity contribution in [3.05, 3.63) is 62.8 Å². The number of nitrogen functional groups attached to an aromatic ring is 1. The maximum Gasteiger partial charge on any atom is 0.175 e. The lowest BCUT2D eigenvalue weighted by molar-refractivity contribution is -0.117. The standard InChI is InChI=1S/C29H30BrF2N3O3/c1-4-6-16-7-24-28(25(36)8-16)27(19(13-33)15(3)35-24)17-9-20(30)29(26(11-17)37-5-2)38-14-18-10-21(31)22(32)12-23(18)34/h9-12,16,19,27H,4-8,14,34H2,1-3H3/t16-,19?,27+/m0/s1. The Labute approximate surface area is 229 Å². The third-order valence-electron chi connectivity index (χ3n) is 7.05. The molecule has 6 nitrogen and oxygen atoms in total. The Morgan fingerprint density at radius 2 is 1.89 bits per heavy atom. The van der Waals surface area contributed by atoms with E-state index in [1.54, 1.807) is 6.07 Å². The lowest BCUT2D eigenvalue weighted by Gasteiger charge is -2.35. The molecule has 0 bridgehead atoms. The van der Waals surface area contributed by atoms with E-state index in [4.69, 9.17) is 20.2 Å². The summed E-state index contributed by atoms with van der Waals surface area (Å²) in [7, 11) is 0. The molecule has 0 saturated heterocycles. The Kier molecular flexibility index (Phi) is 8.51. The van der Waals surface area contributed by atoms with E-state index in [-0.39, 0.29) is 29.6 Å². The number of carbonyl (C=O) groups excluding carboxylic acids is 1. The highest BCUT2D eigenvalue weighted by Gasteiger charge is 2.41. The van der Waals surface area contributed by atoms with Crippen LogP contribution < -0.4 is 15.2 Å². The summed E-state index contributed by atoms with van der Waals surface area (Å²) in [5.41, 5.74) is 9.00. The van der Waals surface area contributed by atoms with Gasteiger partial charge >= 0.3 is 0 Å². The molecule has 1 aliphatic heterocycles. The molecule has 1 heterocycles. The number of nitriles is 1. The molecule has 200 valence electrons. The summed E-state index contributed by atoms with van der Waals surface area (Å²) in [5.74, 6) is -2.11. The van der Waals surface area contributed by atoms with Crippen LogP contribution >= 0.6 is 15.9 Å². The lowest BCUT2D eigenvalue weighted by atomic mass is 9.70. The molecule has 2 aromatic rings. The summed E-state index contributed by atoms with van der Waals surface area (Å²) in [6.45, 7) is 5.98. The van der Waals surface area contributed by atoms with Crippen LogP contribution in [0, 0.1) is 34.8 Å². The van der Waals surface area contributed by atoms with Crippen LogP contribution in [-0.2, 0) is 11.4 Å². The number of aliphatic imine (C=N–C) groups is 1. The average Bonchev–Trinajstić information content (AvgIpc) is 2.85. The molecule has 2 aromatic carbocycles. The Bertz CT molecular complexity index is 1370. The van der Waals surface area contributed by atoms with Crippen molar-refractivity contribution in [1.29, 1.82) is 5.26 Å². The topological polar surface area (TPSA) is 97.7 Å². The first-order chi connectivity index (χ1) is 18.2. The van der Waals surface area contributed by atoms with Crippen LogP contribution in [-0.4, -0.2) is 18.1 Å². The highest BCUT2D eigenvalue weighted by molar-refractivity contribution is 9.10. The molecule has 9 heteroatoms. The highest BCUT2D eigenvalue weighted by Crippen LogP contribution is 2.48. The largest absolute Gasteiger partial charge is 0.490 e. The zero-order valence-electron chi connectivity index (χ0n) is 21.6. The number of allylic oxidation sites excluding steroid dienone is 2. The van der Waals surface area contributed by atoms with Gasteiger partial charge in [-0.05, 0) is 72.3 Å². The van der Waals surface area contributed by atoms with Crippen molar-refractivity contribution in [1.82, 2.24) is 0 Å². The van der Waals surface area contributed by atoms with Gasteiger partial charge in [0.15, 0.2) is 28.9 Å². The smallest absolute Gasteiger partial charge is 0.175 e. The molecule has 3 atom stereocenters. The Morgan fingerprint density at radius 1 is 1.16 bits per heavy atom. The van der Waals surface area contributed by atoms with Crippen molar-refractivity contribution in [3.8, 4) is 17.6 Å². The minimum Gasteiger partial charge on any atom is -0.490 e. The van der Waals surface area contributed by atoms with E-state index in [0.29, 0.717) is 40.3 Å². The number of anilines is 1. The monoisotopic (exact) mass is 585 g/mol.